The molecule has 3 aromatic heterocycles. The lowest BCUT2D eigenvalue weighted by atomic mass is 9.90. The van der Waals surface area contributed by atoms with Gasteiger partial charge in [-0.15, -0.1) is 0 Å². The predicted octanol–water partition coefficient (Wildman–Crippen LogP) is 11.0. The molecule has 3 heterocycles. The Balaban J connectivity index is 1.27. The van der Waals surface area contributed by atoms with Crippen LogP contribution in [0, 0.1) is 0 Å². The molecule has 0 bridgehead atoms. The Morgan fingerprint density at radius 1 is 0.419 bits per heavy atom. The number of aromatic nitrogens is 2. The number of benzene rings is 7. The van der Waals surface area contributed by atoms with Gasteiger partial charge in [0.1, 0.15) is 11.2 Å². The van der Waals surface area contributed by atoms with Crippen molar-refractivity contribution in [3.05, 3.63) is 134 Å². The fourth-order valence-corrected chi connectivity index (χ4v) is 7.04. The second-order valence-electron chi connectivity index (χ2n) is 11.4. The van der Waals surface area contributed by atoms with Gasteiger partial charge in [0.25, 0.3) is 0 Å². The molecule has 198 valence electrons. The number of rotatable bonds is 1. The minimum absolute atomic E-state index is 0.875. The van der Waals surface area contributed by atoms with Crippen LogP contribution in [-0.4, -0.2) is 9.97 Å². The summed E-state index contributed by atoms with van der Waals surface area (Å²) in [6, 6.07) is 45.4. The Morgan fingerprint density at radius 2 is 1.14 bits per heavy atom. The third-order valence-corrected chi connectivity index (χ3v) is 9.04. The molecule has 0 saturated carbocycles. The van der Waals surface area contributed by atoms with Crippen molar-refractivity contribution in [1.29, 1.82) is 0 Å². The van der Waals surface area contributed by atoms with Gasteiger partial charge in [-0.25, -0.2) is 4.98 Å². The maximum absolute atomic E-state index is 6.52. The Labute approximate surface area is 245 Å². The van der Waals surface area contributed by atoms with Crippen LogP contribution < -0.4 is 0 Å². The van der Waals surface area contributed by atoms with Gasteiger partial charge in [0.05, 0.1) is 16.7 Å². The van der Waals surface area contributed by atoms with E-state index in [1.54, 1.807) is 0 Å². The van der Waals surface area contributed by atoms with Gasteiger partial charge < -0.3 is 4.42 Å². The minimum atomic E-state index is 0.875. The summed E-state index contributed by atoms with van der Waals surface area (Å²) in [6.45, 7) is 0. The summed E-state index contributed by atoms with van der Waals surface area (Å²) in [5.74, 6) is 0. The molecule has 7 aromatic carbocycles. The summed E-state index contributed by atoms with van der Waals surface area (Å²) < 4.78 is 6.52. The highest BCUT2D eigenvalue weighted by atomic mass is 16.3. The predicted molar refractivity (Wildman–Crippen MR) is 180 cm³/mol. The van der Waals surface area contributed by atoms with Gasteiger partial charge in [-0.1, -0.05) is 84.9 Å². The van der Waals surface area contributed by atoms with Crippen molar-refractivity contribution in [1.82, 2.24) is 9.97 Å². The normalized spacial score (nSPS) is 12.2. The Kier molecular flexibility index (Phi) is 4.45. The van der Waals surface area contributed by atoms with E-state index in [4.69, 9.17) is 9.40 Å². The highest BCUT2D eigenvalue weighted by Gasteiger charge is 2.16. The van der Waals surface area contributed by atoms with E-state index in [1.807, 2.05) is 12.3 Å². The van der Waals surface area contributed by atoms with Gasteiger partial charge in [-0.3, -0.25) is 4.98 Å². The molecule has 0 N–H and O–H groups in total. The lowest BCUT2D eigenvalue weighted by Crippen LogP contribution is -1.88. The van der Waals surface area contributed by atoms with E-state index in [1.165, 1.54) is 43.1 Å². The Hall–Kier alpha value is -5.80. The molecule has 0 amide bonds. The SMILES string of the molecule is c1ccc2c(c1)ccc1c3ccccc3c3cc4c(cc3c21)oc1ccc(-c2ccc3ccc5cccnc5c3n2)cc14. The van der Waals surface area contributed by atoms with E-state index in [0.29, 0.717) is 0 Å². The first-order valence-corrected chi connectivity index (χ1v) is 14.6. The first-order chi connectivity index (χ1) is 21.3. The molecule has 0 saturated heterocycles. The molecule has 3 nitrogen and oxygen atoms in total. The van der Waals surface area contributed by atoms with E-state index in [-0.39, 0.29) is 0 Å². The lowest BCUT2D eigenvalue weighted by Gasteiger charge is -2.13. The fourth-order valence-electron chi connectivity index (χ4n) is 7.04. The molecule has 0 aliphatic heterocycles. The molecule has 0 atom stereocenters. The molecular formula is C40H22N2O. The highest BCUT2D eigenvalue weighted by molar-refractivity contribution is 6.33. The average molecular weight is 547 g/mol. The van der Waals surface area contributed by atoms with E-state index in [2.05, 4.69) is 126 Å². The summed E-state index contributed by atoms with van der Waals surface area (Å²) in [5, 5.41) is 14.4. The summed E-state index contributed by atoms with van der Waals surface area (Å²) >= 11 is 0. The van der Waals surface area contributed by atoms with Gasteiger partial charge in [0.15, 0.2) is 0 Å². The van der Waals surface area contributed by atoms with Crippen LogP contribution in [0.4, 0.5) is 0 Å². The monoisotopic (exact) mass is 546 g/mol. The molecule has 0 fully saturated rings. The Bertz CT molecular complexity index is 2790. The largest absolute Gasteiger partial charge is 0.456 e. The number of nitrogens with zero attached hydrogens (tertiary/aromatic N) is 2. The quantitative estimate of drug-likeness (QED) is 0.192. The number of furan rings is 1. The van der Waals surface area contributed by atoms with Crippen molar-refractivity contribution in [2.45, 2.75) is 0 Å². The van der Waals surface area contributed by atoms with Crippen molar-refractivity contribution in [2.24, 2.45) is 0 Å². The van der Waals surface area contributed by atoms with Crippen LogP contribution in [0.1, 0.15) is 0 Å². The van der Waals surface area contributed by atoms with E-state index in [0.717, 1.165) is 55.0 Å². The number of hydrogen-bond donors (Lipinski definition) is 0. The number of hydrogen-bond acceptors (Lipinski definition) is 3. The maximum Gasteiger partial charge on any atom is 0.136 e. The second kappa shape index (κ2) is 8.37. The van der Waals surface area contributed by atoms with Crippen LogP contribution in [0.2, 0.25) is 0 Å². The van der Waals surface area contributed by atoms with Crippen molar-refractivity contribution < 1.29 is 4.42 Å². The molecule has 43 heavy (non-hydrogen) atoms. The van der Waals surface area contributed by atoms with Gasteiger partial charge >= 0.3 is 0 Å². The molecule has 3 heteroatoms. The third kappa shape index (κ3) is 3.19. The van der Waals surface area contributed by atoms with Crippen LogP contribution in [0.5, 0.6) is 0 Å². The Morgan fingerprint density at radius 3 is 2.05 bits per heavy atom. The van der Waals surface area contributed by atoms with Crippen LogP contribution in [0.15, 0.2) is 138 Å². The molecular weight excluding hydrogens is 524 g/mol. The van der Waals surface area contributed by atoms with Crippen LogP contribution in [0.3, 0.4) is 0 Å². The van der Waals surface area contributed by atoms with Gasteiger partial charge in [0.2, 0.25) is 0 Å². The van der Waals surface area contributed by atoms with Crippen molar-refractivity contribution in [2.75, 3.05) is 0 Å². The minimum Gasteiger partial charge on any atom is -0.456 e. The molecule has 0 radical (unpaired) electrons. The van der Waals surface area contributed by atoms with Crippen LogP contribution in [0.25, 0.3) is 98.1 Å². The topological polar surface area (TPSA) is 38.9 Å². The fraction of sp³-hybridized carbons (Fsp3) is 0. The van der Waals surface area contributed by atoms with Gasteiger partial charge in [-0.05, 0) is 85.6 Å². The molecule has 0 spiro atoms. The van der Waals surface area contributed by atoms with Crippen molar-refractivity contribution >= 4 is 86.8 Å². The smallest absolute Gasteiger partial charge is 0.136 e. The van der Waals surface area contributed by atoms with Gasteiger partial charge in [-0.2, -0.15) is 0 Å². The zero-order valence-electron chi connectivity index (χ0n) is 23.0. The van der Waals surface area contributed by atoms with E-state index >= 15 is 0 Å². The van der Waals surface area contributed by atoms with Gasteiger partial charge in [0, 0.05) is 33.3 Å². The van der Waals surface area contributed by atoms with Crippen molar-refractivity contribution in [3.8, 4) is 11.3 Å². The number of pyridine rings is 2. The summed E-state index contributed by atoms with van der Waals surface area (Å²) in [4.78, 5) is 9.75. The van der Waals surface area contributed by atoms with E-state index < -0.39 is 0 Å². The summed E-state index contributed by atoms with van der Waals surface area (Å²) in [7, 11) is 0. The number of fused-ring (bicyclic) bond motifs is 14. The second-order valence-corrected chi connectivity index (χ2v) is 11.4. The van der Waals surface area contributed by atoms with Crippen LogP contribution >= 0.6 is 0 Å². The maximum atomic E-state index is 6.52. The first-order valence-electron chi connectivity index (χ1n) is 14.6. The molecule has 0 aliphatic rings. The van der Waals surface area contributed by atoms with Crippen LogP contribution in [-0.2, 0) is 0 Å². The molecule has 10 rings (SSSR count). The van der Waals surface area contributed by atoms with Crippen molar-refractivity contribution in [3.63, 3.8) is 0 Å². The summed E-state index contributed by atoms with van der Waals surface area (Å²) in [6.07, 6.45) is 1.83. The standard InChI is InChI=1S/C40H22N2O/c1-2-8-27-23(6-1)13-16-30-28-9-3-4-10-29(28)31-21-33-32-20-26(15-18-36(32)43-37(33)22-34(31)38(27)30)35-17-14-25-12-11-24-7-5-19-41-39(24)40(25)42-35/h1-22H. The molecule has 0 unspecified atom stereocenters. The molecule has 10 aromatic rings. The zero-order chi connectivity index (χ0) is 28.1. The third-order valence-electron chi connectivity index (χ3n) is 9.04. The zero-order valence-corrected chi connectivity index (χ0v) is 23.0. The van der Waals surface area contributed by atoms with E-state index in [9.17, 15) is 0 Å². The average Bonchev–Trinajstić information content (AvgIpc) is 3.43. The highest BCUT2D eigenvalue weighted by Crippen LogP contribution is 2.42. The summed E-state index contributed by atoms with van der Waals surface area (Å²) in [5.41, 5.74) is 5.59. The first kappa shape index (κ1) is 22.8. The molecule has 0 aliphatic carbocycles. The lowest BCUT2D eigenvalue weighted by molar-refractivity contribution is 0.669.